The normalized spacial score (nSPS) is 20.5. The fourth-order valence-corrected chi connectivity index (χ4v) is 3.03. The lowest BCUT2D eigenvalue weighted by atomic mass is 10.1. The van der Waals surface area contributed by atoms with E-state index in [0.717, 1.165) is 5.69 Å². The molecule has 0 aliphatic carbocycles. The lowest BCUT2D eigenvalue weighted by molar-refractivity contribution is -0.141. The van der Waals surface area contributed by atoms with Crippen molar-refractivity contribution in [3.05, 3.63) is 23.2 Å². The molecule has 2 aliphatic rings. The largest absolute Gasteiger partial charge is 0.490 e. The first-order chi connectivity index (χ1) is 10.5. The number of carbonyl (C=O) groups excluding carboxylic acids is 1. The summed E-state index contributed by atoms with van der Waals surface area (Å²) in [6.07, 6.45) is 0.520. The fraction of sp³-hybridized carbons (Fsp3) is 0.467. The fourth-order valence-electron chi connectivity index (χ4n) is 2.86. The van der Waals surface area contributed by atoms with Crippen molar-refractivity contribution >= 4 is 29.2 Å². The molecule has 6 nitrogen and oxygen atoms in total. The highest BCUT2D eigenvalue weighted by molar-refractivity contribution is 6.31. The van der Waals surface area contributed by atoms with Crippen molar-refractivity contribution in [2.45, 2.75) is 6.42 Å². The number of halogens is 1. The Labute approximate surface area is 133 Å². The van der Waals surface area contributed by atoms with Crippen LogP contribution in [0.3, 0.4) is 0 Å². The summed E-state index contributed by atoms with van der Waals surface area (Å²) in [6.45, 7) is 2.13. The van der Waals surface area contributed by atoms with E-state index in [9.17, 15) is 9.59 Å². The lowest BCUT2D eigenvalue weighted by Gasteiger charge is -2.32. The van der Waals surface area contributed by atoms with E-state index in [-0.39, 0.29) is 12.5 Å². The number of nitrogens with zero attached hydrogens (tertiary/aromatic N) is 2. The molecule has 7 heteroatoms. The number of fused-ring (bicyclic) bond motifs is 1. The number of likely N-dealkylation sites (tertiary alicyclic amines) is 1. The summed E-state index contributed by atoms with van der Waals surface area (Å²) in [4.78, 5) is 26.9. The molecular weight excluding hydrogens is 308 g/mol. The van der Waals surface area contributed by atoms with Crippen molar-refractivity contribution in [1.29, 1.82) is 0 Å². The zero-order valence-corrected chi connectivity index (χ0v) is 12.8. The summed E-state index contributed by atoms with van der Waals surface area (Å²) in [6, 6.07) is 5.33. The maximum absolute atomic E-state index is 12.4. The number of anilines is 1. The molecule has 0 aromatic heterocycles. The van der Waals surface area contributed by atoms with E-state index in [2.05, 4.69) is 0 Å². The Kier molecular flexibility index (Phi) is 4.11. The molecule has 1 amide bonds. The Morgan fingerprint density at radius 3 is 2.91 bits per heavy atom. The molecule has 1 N–H and O–H groups in total. The first-order valence-electron chi connectivity index (χ1n) is 7.22. The molecule has 2 heterocycles. The highest BCUT2D eigenvalue weighted by atomic mass is 35.5. The molecular formula is C15H17ClN2O4. The summed E-state index contributed by atoms with van der Waals surface area (Å²) in [5, 5.41) is 9.61. The van der Waals surface area contributed by atoms with Crippen molar-refractivity contribution in [3.63, 3.8) is 0 Å². The van der Waals surface area contributed by atoms with Crippen LogP contribution in [0.15, 0.2) is 18.2 Å². The standard InChI is InChI=1S/C15H17ClN2O4/c16-11-1-2-13-12(7-11)17(5-6-22-13)9-14(19)18-4-3-10(8-18)15(20)21/h1-2,7,10H,3-6,8-9H2,(H,20,21)/t10-/m0/s1. The van der Waals surface area contributed by atoms with Crippen LogP contribution in [0.1, 0.15) is 6.42 Å². The second-order valence-corrected chi connectivity index (χ2v) is 5.98. The number of amides is 1. The van der Waals surface area contributed by atoms with E-state index >= 15 is 0 Å². The maximum atomic E-state index is 12.4. The second-order valence-electron chi connectivity index (χ2n) is 5.55. The van der Waals surface area contributed by atoms with Gasteiger partial charge in [0.05, 0.1) is 24.7 Å². The quantitative estimate of drug-likeness (QED) is 0.912. The first kappa shape index (κ1) is 15.0. The molecule has 3 rings (SSSR count). The van der Waals surface area contributed by atoms with Gasteiger partial charge >= 0.3 is 5.97 Å². The van der Waals surface area contributed by atoms with Crippen molar-refractivity contribution in [2.75, 3.05) is 37.7 Å². The van der Waals surface area contributed by atoms with Crippen LogP contribution in [0.4, 0.5) is 5.69 Å². The van der Waals surface area contributed by atoms with Crippen LogP contribution in [0, 0.1) is 5.92 Å². The Morgan fingerprint density at radius 2 is 2.18 bits per heavy atom. The molecule has 2 aliphatic heterocycles. The van der Waals surface area contributed by atoms with Gasteiger partial charge in [0.2, 0.25) is 5.91 Å². The van der Waals surface area contributed by atoms with Gasteiger partial charge in [-0.1, -0.05) is 11.6 Å². The summed E-state index contributed by atoms with van der Waals surface area (Å²) in [7, 11) is 0. The number of carboxylic acids is 1. The number of hydrogen-bond donors (Lipinski definition) is 1. The molecule has 1 atom stereocenters. The molecule has 1 aromatic rings. The first-order valence-corrected chi connectivity index (χ1v) is 7.60. The molecule has 0 spiro atoms. The van der Waals surface area contributed by atoms with Gasteiger partial charge in [-0.2, -0.15) is 0 Å². The van der Waals surface area contributed by atoms with E-state index in [1.165, 1.54) is 0 Å². The molecule has 1 saturated heterocycles. The monoisotopic (exact) mass is 324 g/mol. The number of hydrogen-bond acceptors (Lipinski definition) is 4. The maximum Gasteiger partial charge on any atom is 0.308 e. The van der Waals surface area contributed by atoms with Gasteiger partial charge in [-0.05, 0) is 24.6 Å². The third-order valence-electron chi connectivity index (χ3n) is 4.10. The van der Waals surface area contributed by atoms with Crippen LogP contribution in [-0.4, -0.2) is 54.7 Å². The summed E-state index contributed by atoms with van der Waals surface area (Å²) < 4.78 is 5.56. The average molecular weight is 325 g/mol. The van der Waals surface area contributed by atoms with Crippen molar-refractivity contribution < 1.29 is 19.4 Å². The molecule has 118 valence electrons. The third-order valence-corrected chi connectivity index (χ3v) is 4.33. The number of carbonyl (C=O) groups is 2. The molecule has 22 heavy (non-hydrogen) atoms. The van der Waals surface area contributed by atoms with E-state index in [1.54, 1.807) is 23.1 Å². The van der Waals surface area contributed by atoms with Crippen molar-refractivity contribution in [3.8, 4) is 5.75 Å². The lowest BCUT2D eigenvalue weighted by Crippen LogP contribution is -2.42. The van der Waals surface area contributed by atoms with Gasteiger partial charge in [-0.3, -0.25) is 9.59 Å². The molecule has 1 aromatic carbocycles. The minimum Gasteiger partial charge on any atom is -0.490 e. The molecule has 0 unspecified atom stereocenters. The number of ether oxygens (including phenoxy) is 1. The second kappa shape index (κ2) is 6.04. The van der Waals surface area contributed by atoms with Crippen LogP contribution in [0.2, 0.25) is 5.02 Å². The smallest absolute Gasteiger partial charge is 0.308 e. The molecule has 0 saturated carbocycles. The zero-order chi connectivity index (χ0) is 15.7. The van der Waals surface area contributed by atoms with Gasteiger partial charge in [0.1, 0.15) is 12.4 Å². The van der Waals surface area contributed by atoms with Crippen molar-refractivity contribution in [1.82, 2.24) is 4.90 Å². The summed E-state index contributed by atoms with van der Waals surface area (Å²) >= 11 is 6.02. The Bertz CT molecular complexity index is 607. The van der Waals surface area contributed by atoms with Crippen LogP contribution in [0.5, 0.6) is 5.75 Å². The topological polar surface area (TPSA) is 70.1 Å². The summed E-state index contributed by atoms with van der Waals surface area (Å²) in [5.74, 6) is -0.626. The van der Waals surface area contributed by atoms with Crippen molar-refractivity contribution in [2.24, 2.45) is 5.92 Å². The van der Waals surface area contributed by atoms with Crippen LogP contribution in [0.25, 0.3) is 0 Å². The Hall–Kier alpha value is -1.95. The van der Waals surface area contributed by atoms with Gasteiger partial charge in [0.25, 0.3) is 0 Å². The van der Waals surface area contributed by atoms with E-state index < -0.39 is 11.9 Å². The third kappa shape index (κ3) is 2.97. The zero-order valence-electron chi connectivity index (χ0n) is 12.0. The van der Waals surface area contributed by atoms with Gasteiger partial charge < -0.3 is 19.6 Å². The summed E-state index contributed by atoms with van der Waals surface area (Å²) in [5.41, 5.74) is 0.807. The average Bonchev–Trinajstić information content (AvgIpc) is 2.98. The predicted molar refractivity (Wildman–Crippen MR) is 81.5 cm³/mol. The van der Waals surface area contributed by atoms with Gasteiger partial charge in [0.15, 0.2) is 0 Å². The van der Waals surface area contributed by atoms with Gasteiger partial charge in [-0.15, -0.1) is 0 Å². The predicted octanol–water partition coefficient (Wildman–Crippen LogP) is 1.47. The molecule has 0 bridgehead atoms. The highest BCUT2D eigenvalue weighted by Crippen LogP contribution is 2.34. The van der Waals surface area contributed by atoms with E-state index in [4.69, 9.17) is 21.4 Å². The van der Waals surface area contributed by atoms with Crippen LogP contribution >= 0.6 is 11.6 Å². The number of rotatable bonds is 3. The Morgan fingerprint density at radius 1 is 1.36 bits per heavy atom. The van der Waals surface area contributed by atoms with Gasteiger partial charge in [0, 0.05) is 18.1 Å². The minimum atomic E-state index is -0.834. The molecule has 0 radical (unpaired) electrons. The SMILES string of the molecule is O=C(O)[C@H]1CCN(C(=O)CN2CCOc3ccc(Cl)cc32)C1. The van der Waals surface area contributed by atoms with Gasteiger partial charge in [-0.25, -0.2) is 0 Å². The number of carboxylic acid groups (broad SMARTS) is 1. The minimum absolute atomic E-state index is 0.0587. The number of benzene rings is 1. The Balaban J connectivity index is 1.68. The highest BCUT2D eigenvalue weighted by Gasteiger charge is 2.32. The van der Waals surface area contributed by atoms with E-state index in [1.807, 2.05) is 4.90 Å². The molecule has 1 fully saturated rings. The van der Waals surface area contributed by atoms with Crippen LogP contribution in [-0.2, 0) is 9.59 Å². The van der Waals surface area contributed by atoms with E-state index in [0.29, 0.717) is 43.4 Å². The van der Waals surface area contributed by atoms with Crippen LogP contribution < -0.4 is 9.64 Å². The number of aliphatic carboxylic acids is 1.